The molecule has 0 bridgehead atoms. The average molecular weight is 301 g/mol. The third kappa shape index (κ3) is 3.93. The Hall–Kier alpha value is -2.13. The second kappa shape index (κ2) is 6.35. The summed E-state index contributed by atoms with van der Waals surface area (Å²) in [5, 5.41) is 11.1. The molecule has 0 atom stereocenters. The number of carboxylic acid groups (broad SMARTS) is 1. The van der Waals surface area contributed by atoms with Crippen LogP contribution in [0.3, 0.4) is 0 Å². The average Bonchev–Trinajstić information content (AvgIpc) is 2.37. The van der Waals surface area contributed by atoms with E-state index in [0.717, 1.165) is 18.2 Å². The Labute approximate surface area is 116 Å². The van der Waals surface area contributed by atoms with Crippen LogP contribution in [-0.4, -0.2) is 39.0 Å². The summed E-state index contributed by atoms with van der Waals surface area (Å²) >= 11 is 0. The zero-order valence-corrected chi connectivity index (χ0v) is 11.5. The minimum Gasteiger partial charge on any atom is -0.478 e. The minimum absolute atomic E-state index is 0.0111. The van der Waals surface area contributed by atoms with Gasteiger partial charge in [0.2, 0.25) is 15.9 Å². The smallest absolute Gasteiger partial charge is 0.335 e. The van der Waals surface area contributed by atoms with Crippen molar-refractivity contribution in [1.82, 2.24) is 10.0 Å². The highest BCUT2D eigenvalue weighted by atomic mass is 32.2. The summed E-state index contributed by atoms with van der Waals surface area (Å²) in [7, 11) is -2.44. The fraction of sp³-hybridized carbons (Fsp3) is 0.273. The lowest BCUT2D eigenvalue weighted by Gasteiger charge is -2.09. The van der Waals surface area contributed by atoms with Crippen LogP contribution in [0.5, 0.6) is 0 Å². The van der Waals surface area contributed by atoms with Crippen LogP contribution < -0.4 is 15.8 Å². The molecule has 9 heteroatoms. The zero-order valence-electron chi connectivity index (χ0n) is 10.7. The molecule has 0 aliphatic rings. The first kappa shape index (κ1) is 15.9. The Kier molecular flexibility index (Phi) is 5.06. The molecule has 8 nitrogen and oxygen atoms in total. The van der Waals surface area contributed by atoms with Crippen LogP contribution in [0.2, 0.25) is 0 Å². The quantitative estimate of drug-likeness (QED) is 0.517. The normalized spacial score (nSPS) is 11.1. The molecule has 110 valence electrons. The molecule has 0 saturated heterocycles. The Balaban J connectivity index is 2.87. The molecule has 20 heavy (non-hydrogen) atoms. The van der Waals surface area contributed by atoms with Gasteiger partial charge in [-0.25, -0.2) is 17.9 Å². The number of nitrogens with two attached hydrogens (primary N) is 1. The molecule has 0 aliphatic carbocycles. The number of carbonyl (C=O) groups excluding carboxylic acids is 1. The van der Waals surface area contributed by atoms with E-state index in [4.69, 9.17) is 10.8 Å². The van der Waals surface area contributed by atoms with E-state index in [-0.39, 0.29) is 35.0 Å². The number of nitrogen functional groups attached to an aromatic ring is 1. The Morgan fingerprint density at radius 1 is 1.35 bits per heavy atom. The second-order valence-corrected chi connectivity index (χ2v) is 5.61. The van der Waals surface area contributed by atoms with Gasteiger partial charge in [-0.2, -0.15) is 0 Å². The van der Waals surface area contributed by atoms with Crippen molar-refractivity contribution >= 4 is 27.6 Å². The van der Waals surface area contributed by atoms with E-state index in [2.05, 4.69) is 10.0 Å². The van der Waals surface area contributed by atoms with Crippen molar-refractivity contribution < 1.29 is 23.1 Å². The lowest BCUT2D eigenvalue weighted by molar-refractivity contribution is -0.120. The molecule has 0 aromatic heterocycles. The number of carboxylic acids is 1. The van der Waals surface area contributed by atoms with Crippen molar-refractivity contribution in [3.63, 3.8) is 0 Å². The number of carbonyl (C=O) groups is 2. The standard InChI is InChI=1S/C11H15N3O5S/c1-13-10(15)4-5-14-20(18,19)9-3-2-7(11(16)17)6-8(9)12/h2-3,6,14H,4-5,12H2,1H3,(H,13,15)(H,16,17). The van der Waals surface area contributed by atoms with Crippen LogP contribution in [0.1, 0.15) is 16.8 Å². The molecular weight excluding hydrogens is 286 g/mol. The molecule has 1 rings (SSSR count). The monoisotopic (exact) mass is 301 g/mol. The maximum atomic E-state index is 11.9. The van der Waals surface area contributed by atoms with Gasteiger partial charge in [-0.05, 0) is 18.2 Å². The van der Waals surface area contributed by atoms with Gasteiger partial charge in [0.05, 0.1) is 11.3 Å². The maximum Gasteiger partial charge on any atom is 0.335 e. The van der Waals surface area contributed by atoms with E-state index in [1.165, 1.54) is 7.05 Å². The fourth-order valence-electron chi connectivity index (χ4n) is 1.43. The van der Waals surface area contributed by atoms with Gasteiger partial charge in [0.15, 0.2) is 0 Å². The molecule has 5 N–H and O–H groups in total. The predicted octanol–water partition coefficient (Wildman–Crippen LogP) is -0.619. The summed E-state index contributed by atoms with van der Waals surface area (Å²) in [5.41, 5.74) is 5.27. The summed E-state index contributed by atoms with van der Waals surface area (Å²) in [6, 6.07) is 3.32. The number of aromatic carboxylic acids is 1. The van der Waals surface area contributed by atoms with Crippen molar-refractivity contribution in [2.24, 2.45) is 0 Å². The Morgan fingerprint density at radius 2 is 2.00 bits per heavy atom. The summed E-state index contributed by atoms with van der Waals surface area (Å²) in [4.78, 5) is 21.5. The van der Waals surface area contributed by atoms with Gasteiger partial charge in [0.1, 0.15) is 4.90 Å². The highest BCUT2D eigenvalue weighted by molar-refractivity contribution is 7.89. The van der Waals surface area contributed by atoms with Gasteiger partial charge >= 0.3 is 5.97 Å². The number of nitrogens with one attached hydrogen (secondary N) is 2. The van der Waals surface area contributed by atoms with Crippen molar-refractivity contribution in [2.75, 3.05) is 19.3 Å². The van der Waals surface area contributed by atoms with Gasteiger partial charge in [-0.1, -0.05) is 0 Å². The van der Waals surface area contributed by atoms with Gasteiger partial charge < -0.3 is 16.2 Å². The van der Waals surface area contributed by atoms with Gasteiger partial charge in [-0.3, -0.25) is 4.79 Å². The topological polar surface area (TPSA) is 139 Å². The van der Waals surface area contributed by atoms with Crippen LogP contribution >= 0.6 is 0 Å². The molecular formula is C11H15N3O5S. The number of benzene rings is 1. The van der Waals surface area contributed by atoms with E-state index < -0.39 is 16.0 Å². The minimum atomic E-state index is -3.89. The highest BCUT2D eigenvalue weighted by Gasteiger charge is 2.18. The largest absolute Gasteiger partial charge is 0.478 e. The summed E-state index contributed by atoms with van der Waals surface area (Å²) in [6.45, 7) is -0.0812. The van der Waals surface area contributed by atoms with Crippen LogP contribution in [0.4, 0.5) is 5.69 Å². The number of hydrogen-bond acceptors (Lipinski definition) is 5. The molecule has 0 aliphatic heterocycles. The molecule has 1 aromatic carbocycles. The van der Waals surface area contributed by atoms with Crippen LogP contribution in [0.25, 0.3) is 0 Å². The number of sulfonamides is 1. The summed E-state index contributed by atoms with van der Waals surface area (Å²) < 4.78 is 26.1. The second-order valence-electron chi connectivity index (χ2n) is 3.88. The lowest BCUT2D eigenvalue weighted by Crippen LogP contribution is -2.29. The Bertz CT molecular complexity index is 627. The molecule has 0 heterocycles. The van der Waals surface area contributed by atoms with E-state index >= 15 is 0 Å². The first-order chi connectivity index (χ1) is 9.27. The van der Waals surface area contributed by atoms with Crippen LogP contribution in [0.15, 0.2) is 23.1 Å². The van der Waals surface area contributed by atoms with Gasteiger partial charge in [0.25, 0.3) is 0 Å². The first-order valence-corrected chi connectivity index (χ1v) is 7.09. The van der Waals surface area contributed by atoms with Crippen molar-refractivity contribution in [3.05, 3.63) is 23.8 Å². The number of hydrogen-bond donors (Lipinski definition) is 4. The third-order valence-corrected chi connectivity index (χ3v) is 4.00. The highest BCUT2D eigenvalue weighted by Crippen LogP contribution is 2.19. The third-order valence-electron chi connectivity index (χ3n) is 2.47. The van der Waals surface area contributed by atoms with E-state index in [9.17, 15) is 18.0 Å². The predicted molar refractivity (Wildman–Crippen MR) is 71.7 cm³/mol. The van der Waals surface area contributed by atoms with Gasteiger partial charge in [-0.15, -0.1) is 0 Å². The first-order valence-electron chi connectivity index (χ1n) is 5.61. The molecule has 0 fully saturated rings. The van der Waals surface area contributed by atoms with E-state index in [1.54, 1.807) is 0 Å². The fourth-order valence-corrected chi connectivity index (χ4v) is 2.57. The SMILES string of the molecule is CNC(=O)CCNS(=O)(=O)c1ccc(C(=O)O)cc1N. The van der Waals surface area contributed by atoms with E-state index in [0.29, 0.717) is 0 Å². The molecule has 0 unspecified atom stereocenters. The van der Waals surface area contributed by atoms with Gasteiger partial charge in [0, 0.05) is 20.0 Å². The van der Waals surface area contributed by atoms with E-state index in [1.807, 2.05) is 0 Å². The van der Waals surface area contributed by atoms with Crippen LogP contribution in [0, 0.1) is 0 Å². The number of amides is 1. The summed E-state index contributed by atoms with van der Waals surface area (Å²) in [5.74, 6) is -1.50. The maximum absolute atomic E-state index is 11.9. The molecule has 0 radical (unpaired) electrons. The summed E-state index contributed by atoms with van der Waals surface area (Å²) in [6.07, 6.45) is -0.0111. The van der Waals surface area contributed by atoms with Crippen LogP contribution in [-0.2, 0) is 14.8 Å². The molecule has 0 saturated carbocycles. The van der Waals surface area contributed by atoms with Crippen molar-refractivity contribution in [3.8, 4) is 0 Å². The Morgan fingerprint density at radius 3 is 2.50 bits per heavy atom. The van der Waals surface area contributed by atoms with Crippen molar-refractivity contribution in [2.45, 2.75) is 11.3 Å². The molecule has 0 spiro atoms. The van der Waals surface area contributed by atoms with Crippen molar-refractivity contribution in [1.29, 1.82) is 0 Å². The number of anilines is 1. The molecule has 1 amide bonds. The number of rotatable bonds is 6. The molecule has 1 aromatic rings. The lowest BCUT2D eigenvalue weighted by atomic mass is 10.2. The zero-order chi connectivity index (χ0) is 15.3.